The van der Waals surface area contributed by atoms with Gasteiger partial charge in [-0.3, -0.25) is 0 Å². The third-order valence-corrected chi connectivity index (χ3v) is 4.48. The summed E-state index contributed by atoms with van der Waals surface area (Å²) in [5, 5.41) is 21.9. The Hall–Kier alpha value is -2.47. The maximum Gasteiger partial charge on any atom is 0.187 e. The number of oxime groups is 1. The van der Waals surface area contributed by atoms with Crippen molar-refractivity contribution in [1.29, 1.82) is 0 Å². The standard InChI is InChI=1S/C17H19ClFN3O2/c1-8(2)9(3)13-14(10-5-6-12(23)11(19)7-10)16(18)22(4)15(13)17(20)21-24/h5-7,23-24H,1-4H3,(H2,20,21). The first-order chi connectivity index (χ1) is 11.2. The number of allylic oxidation sites excluding steroid dienone is 2. The van der Waals surface area contributed by atoms with Crippen LogP contribution in [-0.4, -0.2) is 20.7 Å². The Morgan fingerprint density at radius 3 is 2.42 bits per heavy atom. The molecule has 128 valence electrons. The lowest BCUT2D eigenvalue weighted by Crippen LogP contribution is -2.18. The second-order valence-corrected chi connectivity index (χ2v) is 6.08. The van der Waals surface area contributed by atoms with Crippen LogP contribution in [0, 0.1) is 5.82 Å². The van der Waals surface area contributed by atoms with E-state index in [0.29, 0.717) is 27.5 Å². The molecule has 1 aromatic heterocycles. The number of phenols is 1. The van der Waals surface area contributed by atoms with Gasteiger partial charge in [0.25, 0.3) is 0 Å². The van der Waals surface area contributed by atoms with Crippen molar-refractivity contribution in [2.24, 2.45) is 17.9 Å². The number of aromatic nitrogens is 1. The molecule has 0 atom stereocenters. The molecule has 0 amide bonds. The van der Waals surface area contributed by atoms with Gasteiger partial charge in [0.2, 0.25) is 0 Å². The number of nitrogens with two attached hydrogens (primary N) is 1. The average molecular weight is 352 g/mol. The predicted octanol–water partition coefficient (Wildman–Crippen LogP) is 4.10. The lowest BCUT2D eigenvalue weighted by atomic mass is 9.94. The van der Waals surface area contributed by atoms with E-state index in [0.717, 1.165) is 11.1 Å². The number of amidine groups is 1. The van der Waals surface area contributed by atoms with E-state index >= 15 is 0 Å². The van der Waals surface area contributed by atoms with Gasteiger partial charge in [-0.05, 0) is 44.0 Å². The largest absolute Gasteiger partial charge is 0.505 e. The minimum Gasteiger partial charge on any atom is -0.505 e. The molecule has 0 fully saturated rings. The van der Waals surface area contributed by atoms with Gasteiger partial charge >= 0.3 is 0 Å². The summed E-state index contributed by atoms with van der Waals surface area (Å²) in [7, 11) is 1.68. The number of benzene rings is 1. The molecule has 0 aliphatic carbocycles. The number of aromatic hydroxyl groups is 1. The third kappa shape index (κ3) is 2.85. The van der Waals surface area contributed by atoms with Crippen molar-refractivity contribution in [1.82, 2.24) is 4.57 Å². The molecule has 0 aliphatic rings. The minimum atomic E-state index is -0.751. The van der Waals surface area contributed by atoms with Crippen molar-refractivity contribution < 1.29 is 14.7 Å². The van der Waals surface area contributed by atoms with E-state index in [1.807, 2.05) is 20.8 Å². The van der Waals surface area contributed by atoms with E-state index in [-0.39, 0.29) is 5.84 Å². The van der Waals surface area contributed by atoms with Gasteiger partial charge in [-0.25, -0.2) is 4.39 Å². The van der Waals surface area contributed by atoms with Crippen LogP contribution in [0.15, 0.2) is 28.9 Å². The van der Waals surface area contributed by atoms with Crippen LogP contribution in [-0.2, 0) is 7.05 Å². The number of nitrogens with zero attached hydrogens (tertiary/aromatic N) is 2. The van der Waals surface area contributed by atoms with E-state index < -0.39 is 11.6 Å². The van der Waals surface area contributed by atoms with Crippen molar-refractivity contribution >= 4 is 23.0 Å². The molecule has 0 saturated carbocycles. The van der Waals surface area contributed by atoms with Gasteiger partial charge < -0.3 is 20.6 Å². The molecule has 1 heterocycles. The highest BCUT2D eigenvalue weighted by Crippen LogP contribution is 2.41. The first kappa shape index (κ1) is 17.9. The molecule has 0 radical (unpaired) electrons. The quantitative estimate of drug-likeness (QED) is 0.337. The molecule has 4 N–H and O–H groups in total. The topological polar surface area (TPSA) is 83.8 Å². The Morgan fingerprint density at radius 2 is 1.92 bits per heavy atom. The van der Waals surface area contributed by atoms with Crippen LogP contribution >= 0.6 is 11.6 Å². The summed E-state index contributed by atoms with van der Waals surface area (Å²) >= 11 is 6.46. The molecular weight excluding hydrogens is 333 g/mol. The summed E-state index contributed by atoms with van der Waals surface area (Å²) in [5.41, 5.74) is 9.84. The van der Waals surface area contributed by atoms with Gasteiger partial charge in [-0.1, -0.05) is 28.4 Å². The highest BCUT2D eigenvalue weighted by Gasteiger charge is 2.25. The molecule has 1 aromatic carbocycles. The van der Waals surface area contributed by atoms with E-state index in [1.54, 1.807) is 17.7 Å². The van der Waals surface area contributed by atoms with Gasteiger partial charge in [0.15, 0.2) is 17.4 Å². The molecule has 0 unspecified atom stereocenters. The van der Waals surface area contributed by atoms with Crippen molar-refractivity contribution in [3.8, 4) is 16.9 Å². The molecule has 24 heavy (non-hydrogen) atoms. The Bertz CT molecular complexity index is 865. The summed E-state index contributed by atoms with van der Waals surface area (Å²) in [4.78, 5) is 0. The average Bonchev–Trinajstić information content (AvgIpc) is 2.80. The van der Waals surface area contributed by atoms with Crippen LogP contribution < -0.4 is 5.73 Å². The molecule has 7 heteroatoms. The zero-order valence-electron chi connectivity index (χ0n) is 13.9. The van der Waals surface area contributed by atoms with Crippen LogP contribution in [0.4, 0.5) is 4.39 Å². The highest BCUT2D eigenvalue weighted by molar-refractivity contribution is 6.33. The van der Waals surface area contributed by atoms with E-state index in [1.165, 1.54) is 12.1 Å². The van der Waals surface area contributed by atoms with E-state index in [2.05, 4.69) is 5.16 Å². The number of rotatable bonds is 3. The third-order valence-electron chi connectivity index (χ3n) is 4.03. The fourth-order valence-corrected chi connectivity index (χ4v) is 2.83. The Kier molecular flexibility index (Phi) is 4.89. The summed E-state index contributed by atoms with van der Waals surface area (Å²) in [5.74, 6) is -1.29. The second-order valence-electron chi connectivity index (χ2n) is 5.72. The Morgan fingerprint density at radius 1 is 1.29 bits per heavy atom. The van der Waals surface area contributed by atoms with Gasteiger partial charge in [-0.2, -0.15) is 0 Å². The monoisotopic (exact) mass is 351 g/mol. The van der Waals surface area contributed by atoms with E-state index in [4.69, 9.17) is 22.5 Å². The molecule has 0 spiro atoms. The van der Waals surface area contributed by atoms with Crippen LogP contribution in [0.5, 0.6) is 5.75 Å². The van der Waals surface area contributed by atoms with Crippen LogP contribution in [0.25, 0.3) is 16.7 Å². The van der Waals surface area contributed by atoms with Gasteiger partial charge in [0, 0.05) is 18.2 Å². The number of phenolic OH excluding ortho intramolecular Hbond substituents is 1. The van der Waals surface area contributed by atoms with Crippen molar-refractivity contribution in [3.05, 3.63) is 46.0 Å². The molecule has 5 nitrogen and oxygen atoms in total. The first-order valence-corrected chi connectivity index (χ1v) is 7.57. The zero-order chi connectivity index (χ0) is 18.2. The normalized spacial score (nSPS) is 11.7. The Balaban J connectivity index is 2.95. The molecule has 0 aliphatic heterocycles. The smallest absolute Gasteiger partial charge is 0.187 e. The van der Waals surface area contributed by atoms with Crippen molar-refractivity contribution in [3.63, 3.8) is 0 Å². The molecular formula is C17H19ClFN3O2. The lowest BCUT2D eigenvalue weighted by Gasteiger charge is -2.11. The minimum absolute atomic E-state index is 0.0968. The second kappa shape index (κ2) is 6.57. The maximum absolute atomic E-state index is 13.8. The molecule has 0 saturated heterocycles. The van der Waals surface area contributed by atoms with Crippen LogP contribution in [0.2, 0.25) is 5.15 Å². The maximum atomic E-state index is 13.8. The summed E-state index contributed by atoms with van der Waals surface area (Å²) in [6.07, 6.45) is 0. The first-order valence-electron chi connectivity index (χ1n) is 7.20. The predicted molar refractivity (Wildman–Crippen MR) is 93.9 cm³/mol. The Labute approximate surface area is 144 Å². The van der Waals surface area contributed by atoms with Crippen molar-refractivity contribution in [2.45, 2.75) is 20.8 Å². The SMILES string of the molecule is CC(C)=C(C)c1c(-c2ccc(O)c(F)c2)c(Cl)n(C)c1/C(N)=N/O. The number of hydrogen-bond acceptors (Lipinski definition) is 3. The molecule has 0 bridgehead atoms. The number of halogens is 2. The summed E-state index contributed by atoms with van der Waals surface area (Å²) in [6, 6.07) is 4.03. The summed E-state index contributed by atoms with van der Waals surface area (Å²) < 4.78 is 15.4. The zero-order valence-corrected chi connectivity index (χ0v) is 14.6. The van der Waals surface area contributed by atoms with E-state index in [9.17, 15) is 9.50 Å². The van der Waals surface area contributed by atoms with Gasteiger partial charge in [0.1, 0.15) is 5.15 Å². The summed E-state index contributed by atoms with van der Waals surface area (Å²) in [6.45, 7) is 5.73. The van der Waals surface area contributed by atoms with Gasteiger partial charge in [-0.15, -0.1) is 0 Å². The lowest BCUT2D eigenvalue weighted by molar-refractivity contribution is 0.318. The number of hydrogen-bond donors (Lipinski definition) is 3. The fraction of sp³-hybridized carbons (Fsp3) is 0.235. The van der Waals surface area contributed by atoms with Crippen LogP contribution in [0.3, 0.4) is 0 Å². The van der Waals surface area contributed by atoms with Crippen LogP contribution in [0.1, 0.15) is 32.0 Å². The van der Waals surface area contributed by atoms with Crippen molar-refractivity contribution in [2.75, 3.05) is 0 Å². The molecule has 2 aromatic rings. The van der Waals surface area contributed by atoms with Gasteiger partial charge in [0.05, 0.1) is 5.69 Å². The highest BCUT2D eigenvalue weighted by atomic mass is 35.5. The molecule has 2 rings (SSSR count). The fourth-order valence-electron chi connectivity index (χ4n) is 2.54.